The molecule has 0 heterocycles. The second-order valence-corrected chi connectivity index (χ2v) is 2.77. The van der Waals surface area contributed by atoms with Crippen molar-refractivity contribution in [1.29, 1.82) is 0 Å². The summed E-state index contributed by atoms with van der Waals surface area (Å²) in [6, 6.07) is 0. The van der Waals surface area contributed by atoms with Crippen LogP contribution in [0, 0.1) is 0 Å². The third-order valence-corrected chi connectivity index (χ3v) is 1.54. The minimum atomic E-state index is -5.50. The van der Waals surface area contributed by atoms with Gasteiger partial charge in [0.15, 0.2) is 0 Å². The largest absolute Gasteiger partial charge is 0.425 e. The molecule has 0 aromatic carbocycles. The van der Waals surface area contributed by atoms with Crippen LogP contribution < -0.4 is 5.32 Å². The van der Waals surface area contributed by atoms with E-state index in [9.17, 15) is 26.3 Å². The molecule has 0 bridgehead atoms. The van der Waals surface area contributed by atoms with Gasteiger partial charge in [-0.3, -0.25) is 0 Å². The summed E-state index contributed by atoms with van der Waals surface area (Å²) in [6.07, 6.45) is -10.8. The van der Waals surface area contributed by atoms with Crippen molar-refractivity contribution < 1.29 is 26.3 Å². The van der Waals surface area contributed by atoms with Gasteiger partial charge in [0.05, 0.1) is 0 Å². The molecule has 0 aliphatic heterocycles. The van der Waals surface area contributed by atoms with Crippen molar-refractivity contribution >= 4 is 0 Å². The van der Waals surface area contributed by atoms with E-state index in [1.807, 2.05) is 0 Å². The zero-order chi connectivity index (χ0) is 11.4. The SMILES string of the molecule is CCNCCC(F)(F)C(F)C(F)(F)F. The summed E-state index contributed by atoms with van der Waals surface area (Å²) in [6.45, 7) is 1.61. The minimum absolute atomic E-state index is 0.346. The first-order valence-electron chi connectivity index (χ1n) is 4.01. The van der Waals surface area contributed by atoms with Crippen molar-refractivity contribution in [2.75, 3.05) is 13.1 Å². The minimum Gasteiger partial charge on any atom is -0.317 e. The van der Waals surface area contributed by atoms with E-state index >= 15 is 0 Å². The molecule has 1 N–H and O–H groups in total. The number of hydrogen-bond donors (Lipinski definition) is 1. The number of rotatable bonds is 5. The summed E-state index contributed by atoms with van der Waals surface area (Å²) in [5.74, 6) is -4.36. The fourth-order valence-corrected chi connectivity index (χ4v) is 0.798. The summed E-state index contributed by atoms with van der Waals surface area (Å²) in [5, 5.41) is 2.40. The lowest BCUT2D eigenvalue weighted by Crippen LogP contribution is -2.43. The van der Waals surface area contributed by atoms with Gasteiger partial charge in [0.1, 0.15) is 0 Å². The quantitative estimate of drug-likeness (QED) is 0.557. The molecule has 0 saturated heterocycles. The van der Waals surface area contributed by atoms with E-state index in [1.54, 1.807) is 6.92 Å². The molecule has 0 aromatic heterocycles. The maximum absolute atomic E-state index is 12.5. The predicted molar refractivity (Wildman–Crippen MR) is 39.1 cm³/mol. The zero-order valence-electron chi connectivity index (χ0n) is 7.47. The Bertz CT molecular complexity index is 166. The highest BCUT2D eigenvalue weighted by Crippen LogP contribution is 2.36. The molecule has 0 aliphatic carbocycles. The molecule has 7 heteroatoms. The normalized spacial score (nSPS) is 15.6. The van der Waals surface area contributed by atoms with Crippen LogP contribution in [0.15, 0.2) is 0 Å². The molecular formula is C7H11F6N. The Labute approximate surface area is 77.5 Å². The second-order valence-electron chi connectivity index (χ2n) is 2.77. The monoisotopic (exact) mass is 223 g/mol. The number of alkyl halides is 6. The maximum atomic E-state index is 12.5. The van der Waals surface area contributed by atoms with Crippen LogP contribution in [0.2, 0.25) is 0 Å². The van der Waals surface area contributed by atoms with Crippen LogP contribution in [0.25, 0.3) is 0 Å². The van der Waals surface area contributed by atoms with Crippen molar-refractivity contribution in [3.05, 3.63) is 0 Å². The molecule has 0 amide bonds. The van der Waals surface area contributed by atoms with Gasteiger partial charge in [0.25, 0.3) is 12.1 Å². The molecule has 1 unspecified atom stereocenters. The van der Waals surface area contributed by atoms with E-state index in [2.05, 4.69) is 5.32 Å². The first-order chi connectivity index (χ1) is 6.22. The number of hydrogen-bond acceptors (Lipinski definition) is 1. The molecular weight excluding hydrogens is 212 g/mol. The molecule has 0 fully saturated rings. The van der Waals surface area contributed by atoms with Crippen LogP contribution >= 0.6 is 0 Å². The summed E-state index contributed by atoms with van der Waals surface area (Å²) in [5.41, 5.74) is 0. The molecule has 0 aliphatic rings. The summed E-state index contributed by atoms with van der Waals surface area (Å²) in [7, 11) is 0. The molecule has 0 spiro atoms. The van der Waals surface area contributed by atoms with Crippen LogP contribution in [-0.4, -0.2) is 31.4 Å². The van der Waals surface area contributed by atoms with Crippen molar-refractivity contribution in [2.45, 2.75) is 31.6 Å². The Morgan fingerprint density at radius 1 is 1.14 bits per heavy atom. The number of nitrogens with one attached hydrogen (secondary N) is 1. The van der Waals surface area contributed by atoms with E-state index in [-0.39, 0.29) is 6.54 Å². The average Bonchev–Trinajstić information content (AvgIpc) is 2.01. The fourth-order valence-electron chi connectivity index (χ4n) is 0.798. The van der Waals surface area contributed by atoms with Gasteiger partial charge in [-0.15, -0.1) is 0 Å². The van der Waals surface area contributed by atoms with Gasteiger partial charge in [0, 0.05) is 13.0 Å². The van der Waals surface area contributed by atoms with Crippen molar-refractivity contribution in [1.82, 2.24) is 5.32 Å². The summed E-state index contributed by atoms with van der Waals surface area (Å²) >= 11 is 0. The third kappa shape index (κ3) is 4.17. The lowest BCUT2D eigenvalue weighted by molar-refractivity contribution is -0.245. The molecule has 0 radical (unpaired) electrons. The van der Waals surface area contributed by atoms with Gasteiger partial charge in [-0.1, -0.05) is 6.92 Å². The predicted octanol–water partition coefficient (Wildman–Crippen LogP) is 2.52. The van der Waals surface area contributed by atoms with Crippen LogP contribution in [0.4, 0.5) is 26.3 Å². The van der Waals surface area contributed by atoms with Crippen LogP contribution in [0.5, 0.6) is 0 Å². The highest BCUT2D eigenvalue weighted by Gasteiger charge is 2.56. The average molecular weight is 223 g/mol. The molecule has 86 valence electrons. The molecule has 1 nitrogen and oxygen atoms in total. The lowest BCUT2D eigenvalue weighted by atomic mass is 10.1. The van der Waals surface area contributed by atoms with E-state index in [1.165, 1.54) is 0 Å². The second kappa shape index (κ2) is 4.86. The van der Waals surface area contributed by atoms with Crippen molar-refractivity contribution in [3.63, 3.8) is 0 Å². The van der Waals surface area contributed by atoms with Gasteiger partial charge in [-0.2, -0.15) is 13.2 Å². The first kappa shape index (κ1) is 13.5. The summed E-state index contributed by atoms with van der Waals surface area (Å²) < 4.78 is 72.0. The molecule has 0 aromatic rings. The van der Waals surface area contributed by atoms with Crippen molar-refractivity contribution in [3.8, 4) is 0 Å². The highest BCUT2D eigenvalue weighted by molar-refractivity contribution is 4.83. The van der Waals surface area contributed by atoms with Gasteiger partial charge in [-0.25, -0.2) is 13.2 Å². The van der Waals surface area contributed by atoms with Gasteiger partial charge < -0.3 is 5.32 Å². The van der Waals surface area contributed by atoms with Crippen molar-refractivity contribution in [2.24, 2.45) is 0 Å². The van der Waals surface area contributed by atoms with Gasteiger partial charge in [0.2, 0.25) is 0 Å². The van der Waals surface area contributed by atoms with Crippen LogP contribution in [0.3, 0.4) is 0 Å². The Kier molecular flexibility index (Phi) is 4.70. The summed E-state index contributed by atoms with van der Waals surface area (Å²) in [4.78, 5) is 0. The third-order valence-electron chi connectivity index (χ3n) is 1.54. The highest BCUT2D eigenvalue weighted by atomic mass is 19.4. The van der Waals surface area contributed by atoms with E-state index in [0.717, 1.165) is 0 Å². The van der Waals surface area contributed by atoms with E-state index < -0.39 is 24.7 Å². The van der Waals surface area contributed by atoms with E-state index in [4.69, 9.17) is 0 Å². The lowest BCUT2D eigenvalue weighted by Gasteiger charge is -2.22. The fraction of sp³-hybridized carbons (Fsp3) is 1.00. The number of halogens is 6. The zero-order valence-corrected chi connectivity index (χ0v) is 7.47. The van der Waals surface area contributed by atoms with E-state index in [0.29, 0.717) is 6.54 Å². The molecule has 14 heavy (non-hydrogen) atoms. The van der Waals surface area contributed by atoms with Gasteiger partial charge in [-0.05, 0) is 6.54 Å². The van der Waals surface area contributed by atoms with Gasteiger partial charge >= 0.3 is 6.18 Å². The Balaban J connectivity index is 4.16. The molecule has 1 atom stereocenters. The van der Waals surface area contributed by atoms with Crippen LogP contribution in [0.1, 0.15) is 13.3 Å². The topological polar surface area (TPSA) is 12.0 Å². The Morgan fingerprint density at radius 2 is 1.64 bits per heavy atom. The molecule has 0 rings (SSSR count). The maximum Gasteiger partial charge on any atom is 0.425 e. The first-order valence-corrected chi connectivity index (χ1v) is 4.01. The standard InChI is InChI=1S/C7H11F6N/c1-2-14-4-3-6(9,10)5(8)7(11,12)13/h5,14H,2-4H2,1H3. The van der Waals surface area contributed by atoms with Crippen LogP contribution in [-0.2, 0) is 0 Å². The Hall–Kier alpha value is -0.460. The molecule has 0 saturated carbocycles. The Morgan fingerprint density at radius 3 is 2.00 bits per heavy atom. The smallest absolute Gasteiger partial charge is 0.317 e.